The minimum atomic E-state index is -0.723. The molecule has 0 spiro atoms. The van der Waals surface area contributed by atoms with Crippen LogP contribution in [0.2, 0.25) is 0 Å². The van der Waals surface area contributed by atoms with Crippen LogP contribution in [0.15, 0.2) is 18.2 Å². The highest BCUT2D eigenvalue weighted by Gasteiger charge is 2.47. The molecule has 0 amide bonds. The number of rotatable bonds is 2. The van der Waals surface area contributed by atoms with Crippen LogP contribution in [-0.4, -0.2) is 16.7 Å². The Morgan fingerprint density at radius 2 is 1.70 bits per heavy atom. The van der Waals surface area contributed by atoms with E-state index in [9.17, 15) is 13.9 Å². The average molecular weight is 281 g/mol. The summed E-state index contributed by atoms with van der Waals surface area (Å²) < 4.78 is 26.5. The second-order valence-corrected chi connectivity index (χ2v) is 6.22. The Labute approximate surface area is 118 Å². The Bertz CT molecular complexity index is 471. The average Bonchev–Trinajstić information content (AvgIpc) is 2.38. The zero-order chi connectivity index (χ0) is 14.2. The van der Waals surface area contributed by atoms with Gasteiger partial charge >= 0.3 is 0 Å². The van der Waals surface area contributed by atoms with Crippen molar-refractivity contribution >= 4 is 5.69 Å². The maximum Gasteiger partial charge on any atom is 0.128 e. The van der Waals surface area contributed by atoms with Crippen LogP contribution < -0.4 is 5.32 Å². The van der Waals surface area contributed by atoms with Gasteiger partial charge in [-0.2, -0.15) is 0 Å². The van der Waals surface area contributed by atoms with Gasteiger partial charge in [-0.05, 0) is 43.7 Å². The van der Waals surface area contributed by atoms with Crippen molar-refractivity contribution < 1.29 is 13.9 Å². The van der Waals surface area contributed by atoms with Crippen molar-refractivity contribution in [3.63, 3.8) is 0 Å². The molecule has 2 aliphatic carbocycles. The largest absolute Gasteiger partial charge is 0.387 e. The molecule has 0 saturated heterocycles. The minimum Gasteiger partial charge on any atom is -0.387 e. The van der Waals surface area contributed by atoms with Gasteiger partial charge in [0.15, 0.2) is 0 Å². The molecule has 1 aromatic carbocycles. The van der Waals surface area contributed by atoms with Crippen molar-refractivity contribution in [1.82, 2.24) is 0 Å². The molecule has 2 N–H and O–H groups in total. The summed E-state index contributed by atoms with van der Waals surface area (Å²) in [5.74, 6) is -0.855. The van der Waals surface area contributed by atoms with E-state index in [4.69, 9.17) is 0 Å². The highest BCUT2D eigenvalue weighted by Crippen LogP contribution is 2.44. The van der Waals surface area contributed by atoms with Crippen molar-refractivity contribution in [1.29, 1.82) is 0 Å². The molecule has 1 aromatic rings. The van der Waals surface area contributed by atoms with Gasteiger partial charge in [0, 0.05) is 11.8 Å². The molecule has 2 nitrogen and oxygen atoms in total. The van der Waals surface area contributed by atoms with E-state index in [0.29, 0.717) is 11.6 Å². The smallest absolute Gasteiger partial charge is 0.128 e. The zero-order valence-electron chi connectivity index (χ0n) is 11.5. The lowest BCUT2D eigenvalue weighted by Gasteiger charge is -2.49. The fraction of sp³-hybridized carbons (Fsp3) is 0.625. The van der Waals surface area contributed by atoms with Gasteiger partial charge in [0.25, 0.3) is 0 Å². The van der Waals surface area contributed by atoms with Crippen LogP contribution in [0.3, 0.4) is 0 Å². The summed E-state index contributed by atoms with van der Waals surface area (Å²) in [6, 6.07) is 3.34. The van der Waals surface area contributed by atoms with E-state index in [0.717, 1.165) is 44.6 Å². The standard InChI is InChI=1S/C16H21F2NO/c17-12-8-13(18)10-14(9-12)19-15-6-3-5-11-4-1-2-7-16(11,15)20/h8-11,15,19-20H,1-7H2/t11-,15-,16?/m1/s1. The maximum atomic E-state index is 13.3. The molecule has 110 valence electrons. The van der Waals surface area contributed by atoms with Crippen LogP contribution in [0.4, 0.5) is 14.5 Å². The van der Waals surface area contributed by atoms with E-state index in [1.165, 1.54) is 18.6 Å². The molecule has 4 heteroatoms. The van der Waals surface area contributed by atoms with Crippen molar-refractivity contribution in [2.45, 2.75) is 56.6 Å². The molecule has 3 rings (SSSR count). The quantitative estimate of drug-likeness (QED) is 0.863. The topological polar surface area (TPSA) is 32.3 Å². The third-order valence-electron chi connectivity index (χ3n) is 4.94. The Balaban J connectivity index is 1.81. The fourth-order valence-electron chi connectivity index (χ4n) is 3.96. The lowest BCUT2D eigenvalue weighted by Crippen LogP contribution is -2.56. The molecule has 0 bridgehead atoms. The third kappa shape index (κ3) is 2.53. The molecule has 0 aliphatic heterocycles. The molecular weight excluding hydrogens is 260 g/mol. The lowest BCUT2D eigenvalue weighted by molar-refractivity contribution is -0.0835. The molecule has 0 heterocycles. The van der Waals surface area contributed by atoms with Crippen LogP contribution >= 0.6 is 0 Å². The van der Waals surface area contributed by atoms with Crippen molar-refractivity contribution in [3.05, 3.63) is 29.8 Å². The van der Waals surface area contributed by atoms with Gasteiger partial charge in [0.05, 0.1) is 11.6 Å². The molecule has 2 saturated carbocycles. The van der Waals surface area contributed by atoms with Crippen LogP contribution in [-0.2, 0) is 0 Å². The number of hydrogen-bond acceptors (Lipinski definition) is 2. The molecule has 0 radical (unpaired) electrons. The molecule has 2 aliphatic rings. The van der Waals surface area contributed by atoms with Gasteiger partial charge in [-0.1, -0.05) is 19.3 Å². The van der Waals surface area contributed by atoms with Gasteiger partial charge in [-0.3, -0.25) is 0 Å². The number of hydrogen-bond donors (Lipinski definition) is 2. The van der Waals surface area contributed by atoms with Crippen LogP contribution in [0.5, 0.6) is 0 Å². The first-order chi connectivity index (χ1) is 9.58. The number of fused-ring (bicyclic) bond motifs is 1. The number of nitrogens with one attached hydrogen (secondary N) is 1. The Hall–Kier alpha value is -1.16. The Kier molecular flexibility index (Phi) is 3.67. The van der Waals surface area contributed by atoms with Gasteiger partial charge in [-0.25, -0.2) is 8.78 Å². The molecule has 1 unspecified atom stereocenters. The molecule has 20 heavy (non-hydrogen) atoms. The van der Waals surface area contributed by atoms with Crippen molar-refractivity contribution in [2.24, 2.45) is 5.92 Å². The lowest BCUT2D eigenvalue weighted by atomic mass is 9.65. The minimum absolute atomic E-state index is 0.109. The predicted octanol–water partition coefficient (Wildman–Crippen LogP) is 3.85. The summed E-state index contributed by atoms with van der Waals surface area (Å²) in [5.41, 5.74) is -0.300. The highest BCUT2D eigenvalue weighted by molar-refractivity contribution is 5.45. The summed E-state index contributed by atoms with van der Waals surface area (Å²) >= 11 is 0. The second kappa shape index (κ2) is 5.32. The summed E-state index contributed by atoms with van der Waals surface area (Å²) in [7, 11) is 0. The first-order valence-electron chi connectivity index (χ1n) is 7.53. The molecule has 2 fully saturated rings. The van der Waals surface area contributed by atoms with E-state index < -0.39 is 17.2 Å². The first-order valence-corrected chi connectivity index (χ1v) is 7.53. The summed E-state index contributed by atoms with van der Waals surface area (Å²) in [6.07, 6.45) is 7.02. The molecule has 3 atom stereocenters. The van der Waals surface area contributed by atoms with Gasteiger partial charge in [0.1, 0.15) is 11.6 Å². The SMILES string of the molecule is OC12CCCC[C@@H]1CCC[C@H]2Nc1cc(F)cc(F)c1. The van der Waals surface area contributed by atoms with Gasteiger partial charge in [-0.15, -0.1) is 0 Å². The number of benzene rings is 1. The van der Waals surface area contributed by atoms with E-state index in [1.807, 2.05) is 0 Å². The van der Waals surface area contributed by atoms with E-state index in [-0.39, 0.29) is 6.04 Å². The van der Waals surface area contributed by atoms with Gasteiger partial charge in [0.2, 0.25) is 0 Å². The van der Waals surface area contributed by atoms with Crippen molar-refractivity contribution in [2.75, 3.05) is 5.32 Å². The van der Waals surface area contributed by atoms with Crippen LogP contribution in [0, 0.1) is 17.6 Å². The molecule has 0 aromatic heterocycles. The van der Waals surface area contributed by atoms with Crippen molar-refractivity contribution in [3.8, 4) is 0 Å². The number of anilines is 1. The Morgan fingerprint density at radius 1 is 1.00 bits per heavy atom. The summed E-state index contributed by atoms with van der Waals surface area (Å²) in [4.78, 5) is 0. The van der Waals surface area contributed by atoms with E-state index >= 15 is 0 Å². The maximum absolute atomic E-state index is 13.3. The highest BCUT2D eigenvalue weighted by atomic mass is 19.1. The second-order valence-electron chi connectivity index (χ2n) is 6.22. The van der Waals surface area contributed by atoms with E-state index in [2.05, 4.69) is 5.32 Å². The Morgan fingerprint density at radius 3 is 2.45 bits per heavy atom. The van der Waals surface area contributed by atoms with Gasteiger partial charge < -0.3 is 10.4 Å². The van der Waals surface area contributed by atoms with E-state index in [1.54, 1.807) is 0 Å². The number of aliphatic hydroxyl groups is 1. The predicted molar refractivity (Wildman–Crippen MR) is 74.5 cm³/mol. The third-order valence-corrected chi connectivity index (χ3v) is 4.94. The zero-order valence-corrected chi connectivity index (χ0v) is 11.5. The van der Waals surface area contributed by atoms with Crippen LogP contribution in [0.25, 0.3) is 0 Å². The summed E-state index contributed by atoms with van der Waals surface area (Å²) in [5, 5.41) is 14.2. The fourth-order valence-corrected chi connectivity index (χ4v) is 3.96. The molecular formula is C16H21F2NO. The number of halogens is 2. The van der Waals surface area contributed by atoms with Crippen LogP contribution in [0.1, 0.15) is 44.9 Å². The first kappa shape index (κ1) is 13.8. The normalized spacial score (nSPS) is 33.5. The monoisotopic (exact) mass is 281 g/mol. The summed E-state index contributed by atoms with van der Waals surface area (Å²) in [6.45, 7) is 0.